The minimum Gasteiger partial charge on any atom is -0.547 e. The normalized spacial score (nSPS) is 16.8. The summed E-state index contributed by atoms with van der Waals surface area (Å²) in [6.07, 6.45) is 0.567. The molecule has 6 heteroatoms. The van der Waals surface area contributed by atoms with Crippen LogP contribution in [0.4, 0.5) is 11.4 Å². The van der Waals surface area contributed by atoms with Crippen LogP contribution in [0, 0.1) is 0 Å². The maximum Gasteiger partial charge on any atom is 0.143 e. The number of fused-ring (bicyclic) bond motifs is 1. The van der Waals surface area contributed by atoms with Crippen LogP contribution in [0.15, 0.2) is 48.5 Å². The van der Waals surface area contributed by atoms with Crippen LogP contribution >= 0.6 is 0 Å². The van der Waals surface area contributed by atoms with E-state index < -0.39 is 12.1 Å². The highest BCUT2D eigenvalue weighted by Gasteiger charge is 2.21. The van der Waals surface area contributed by atoms with Crippen molar-refractivity contribution in [3.63, 3.8) is 0 Å². The first-order valence-corrected chi connectivity index (χ1v) is 9.64. The van der Waals surface area contributed by atoms with Gasteiger partial charge in [-0.05, 0) is 43.2 Å². The zero-order chi connectivity index (χ0) is 19.9. The van der Waals surface area contributed by atoms with Crippen molar-refractivity contribution in [2.75, 3.05) is 37.0 Å². The fourth-order valence-corrected chi connectivity index (χ4v) is 3.43. The molecule has 0 fully saturated rings. The highest BCUT2D eigenvalue weighted by Crippen LogP contribution is 2.32. The zero-order valence-corrected chi connectivity index (χ0v) is 16.4. The van der Waals surface area contributed by atoms with Crippen LogP contribution in [-0.2, 0) is 16.0 Å². The molecule has 0 aliphatic carbocycles. The lowest BCUT2D eigenvalue weighted by atomic mass is 10.1. The van der Waals surface area contributed by atoms with Gasteiger partial charge in [0, 0.05) is 32.3 Å². The highest BCUT2D eigenvalue weighted by molar-refractivity contribution is 5.70. The summed E-state index contributed by atoms with van der Waals surface area (Å²) in [5, 5.41) is 14.4. The number of benzene rings is 2. The van der Waals surface area contributed by atoms with E-state index in [4.69, 9.17) is 9.47 Å². The molecule has 1 aliphatic rings. The molecule has 28 heavy (non-hydrogen) atoms. The van der Waals surface area contributed by atoms with E-state index in [1.807, 2.05) is 42.5 Å². The number of methoxy groups -OCH3 is 1. The summed E-state index contributed by atoms with van der Waals surface area (Å²) in [6.45, 7) is 4.80. The van der Waals surface area contributed by atoms with Gasteiger partial charge in [0.05, 0.1) is 18.2 Å². The second-order valence-electron chi connectivity index (χ2n) is 7.07. The fraction of sp³-hybridized carbons (Fsp3) is 0.409. The number of anilines is 2. The van der Waals surface area contributed by atoms with Crippen molar-refractivity contribution in [1.82, 2.24) is 0 Å². The Morgan fingerprint density at radius 2 is 2.04 bits per heavy atom. The molecule has 2 aromatic rings. The predicted molar refractivity (Wildman–Crippen MR) is 108 cm³/mol. The molecule has 3 rings (SSSR count). The molecule has 1 heterocycles. The van der Waals surface area contributed by atoms with Gasteiger partial charge in [0.25, 0.3) is 0 Å². The maximum absolute atomic E-state index is 10.9. The largest absolute Gasteiger partial charge is 0.547 e. The van der Waals surface area contributed by atoms with Gasteiger partial charge < -0.3 is 29.6 Å². The van der Waals surface area contributed by atoms with E-state index in [9.17, 15) is 9.90 Å². The number of hydrogen-bond acceptors (Lipinski definition) is 6. The second kappa shape index (κ2) is 9.46. The smallest absolute Gasteiger partial charge is 0.143 e. The number of nitrogens with one attached hydrogen (secondary N) is 1. The number of ether oxygens (including phenoxy) is 2. The van der Waals surface area contributed by atoms with Gasteiger partial charge in [-0.3, -0.25) is 0 Å². The third-order valence-corrected chi connectivity index (χ3v) is 4.87. The fourth-order valence-electron chi connectivity index (χ4n) is 3.43. The molecule has 2 atom stereocenters. The number of carbonyl (C=O) groups is 1. The van der Waals surface area contributed by atoms with Gasteiger partial charge in [-0.15, -0.1) is 0 Å². The van der Waals surface area contributed by atoms with Crippen LogP contribution in [0.2, 0.25) is 0 Å². The van der Waals surface area contributed by atoms with E-state index in [2.05, 4.69) is 23.2 Å². The molecule has 0 spiro atoms. The lowest BCUT2D eigenvalue weighted by Gasteiger charge is -2.35. The number of carboxylic acid groups (broad SMARTS) is 1. The third kappa shape index (κ3) is 5.16. The van der Waals surface area contributed by atoms with E-state index in [-0.39, 0.29) is 6.10 Å². The van der Waals surface area contributed by atoms with E-state index in [0.717, 1.165) is 48.7 Å². The van der Waals surface area contributed by atoms with Crippen molar-refractivity contribution >= 4 is 17.3 Å². The number of rotatable bonds is 9. The Morgan fingerprint density at radius 1 is 1.29 bits per heavy atom. The van der Waals surface area contributed by atoms with Gasteiger partial charge in [0.2, 0.25) is 0 Å². The average molecular weight is 383 g/mol. The minimum atomic E-state index is -1.19. The molecule has 0 saturated carbocycles. The van der Waals surface area contributed by atoms with E-state index in [0.29, 0.717) is 6.42 Å². The Bertz CT molecular complexity index is 778. The number of carbonyl (C=O) groups excluding carboxylic acids is 1. The van der Waals surface area contributed by atoms with E-state index >= 15 is 0 Å². The van der Waals surface area contributed by atoms with Crippen LogP contribution in [0.5, 0.6) is 5.75 Å². The van der Waals surface area contributed by atoms with Crippen LogP contribution in [-0.4, -0.2) is 44.9 Å². The summed E-state index contributed by atoms with van der Waals surface area (Å²) in [4.78, 5) is 13.3. The molecule has 6 nitrogen and oxygen atoms in total. The lowest BCUT2D eigenvalue weighted by Crippen LogP contribution is -2.39. The molecular weight excluding hydrogens is 356 g/mol. The van der Waals surface area contributed by atoms with Crippen LogP contribution in [0.3, 0.4) is 0 Å². The van der Waals surface area contributed by atoms with Crippen molar-refractivity contribution in [3.05, 3.63) is 54.1 Å². The number of hydrogen-bond donors (Lipinski definition) is 1. The van der Waals surface area contributed by atoms with Gasteiger partial charge in [0.15, 0.2) is 0 Å². The standard InChI is InChI=1S/C22H28N2O4/c1-16-15-24(19-6-3-4-7-20(19)28-16)13-5-12-23-18-10-8-17(9-11-18)14-21(27-2)22(25)26/h3-4,6-11,16,21,23H,5,12-15H2,1-2H3,(H,25,26)/p-1/t16?,21-/m0/s1. The number of carboxylic acids is 1. The minimum absolute atomic E-state index is 0.187. The number of para-hydroxylation sites is 2. The monoisotopic (exact) mass is 383 g/mol. The molecule has 0 bridgehead atoms. The molecule has 0 radical (unpaired) electrons. The summed E-state index contributed by atoms with van der Waals surface area (Å²) < 4.78 is 10.8. The molecule has 0 amide bonds. The Kier molecular flexibility index (Phi) is 6.76. The Labute approximate surface area is 166 Å². The molecular formula is C22H27N2O4-. The molecule has 1 aliphatic heterocycles. The van der Waals surface area contributed by atoms with Crippen molar-refractivity contribution < 1.29 is 19.4 Å². The van der Waals surface area contributed by atoms with Crippen molar-refractivity contribution in [2.45, 2.75) is 32.0 Å². The van der Waals surface area contributed by atoms with Crippen molar-refractivity contribution in [1.29, 1.82) is 0 Å². The summed E-state index contributed by atoms with van der Waals surface area (Å²) >= 11 is 0. The van der Waals surface area contributed by atoms with Crippen molar-refractivity contribution in [2.24, 2.45) is 0 Å². The average Bonchev–Trinajstić information content (AvgIpc) is 2.70. The van der Waals surface area contributed by atoms with Gasteiger partial charge in [0.1, 0.15) is 18.0 Å². The van der Waals surface area contributed by atoms with E-state index in [1.54, 1.807) is 0 Å². The number of aliphatic carboxylic acids is 1. The second-order valence-corrected chi connectivity index (χ2v) is 7.07. The van der Waals surface area contributed by atoms with Crippen molar-refractivity contribution in [3.8, 4) is 5.75 Å². The molecule has 0 aromatic heterocycles. The molecule has 1 N–H and O–H groups in total. The lowest BCUT2D eigenvalue weighted by molar-refractivity contribution is -0.315. The first-order valence-electron chi connectivity index (χ1n) is 9.64. The van der Waals surface area contributed by atoms with Crippen LogP contribution in [0.25, 0.3) is 0 Å². The molecule has 1 unspecified atom stereocenters. The van der Waals surface area contributed by atoms with Crippen LogP contribution in [0.1, 0.15) is 18.9 Å². The first kappa shape index (κ1) is 20.0. The highest BCUT2D eigenvalue weighted by atomic mass is 16.5. The van der Waals surface area contributed by atoms with Crippen LogP contribution < -0.4 is 20.1 Å². The molecule has 0 saturated heterocycles. The Hall–Kier alpha value is -2.73. The third-order valence-electron chi connectivity index (χ3n) is 4.87. The van der Waals surface area contributed by atoms with Gasteiger partial charge in [-0.25, -0.2) is 0 Å². The van der Waals surface area contributed by atoms with E-state index in [1.165, 1.54) is 7.11 Å². The first-order chi connectivity index (χ1) is 13.6. The quantitative estimate of drug-likeness (QED) is 0.669. The summed E-state index contributed by atoms with van der Waals surface area (Å²) in [5.41, 5.74) is 3.08. The molecule has 2 aromatic carbocycles. The topological polar surface area (TPSA) is 73.9 Å². The summed E-state index contributed by atoms with van der Waals surface area (Å²) in [6, 6.07) is 15.9. The number of nitrogens with zero attached hydrogens (tertiary/aromatic N) is 1. The predicted octanol–water partition coefficient (Wildman–Crippen LogP) is 2.08. The maximum atomic E-state index is 10.9. The zero-order valence-electron chi connectivity index (χ0n) is 16.4. The van der Waals surface area contributed by atoms with Gasteiger partial charge >= 0.3 is 0 Å². The SMILES string of the molecule is CO[C@@H](Cc1ccc(NCCCN2CC(C)Oc3ccccc32)cc1)C(=O)[O-]. The Morgan fingerprint density at radius 3 is 2.75 bits per heavy atom. The Balaban J connectivity index is 1.46. The molecule has 150 valence electrons. The summed E-state index contributed by atoms with van der Waals surface area (Å²) in [5.74, 6) is -0.237. The van der Waals surface area contributed by atoms with Gasteiger partial charge in [-0.1, -0.05) is 24.3 Å². The van der Waals surface area contributed by atoms with Gasteiger partial charge in [-0.2, -0.15) is 0 Å². The summed E-state index contributed by atoms with van der Waals surface area (Å²) in [7, 11) is 1.38.